The number of aromatic nitrogens is 3. The van der Waals surface area contributed by atoms with Crippen LogP contribution in [-0.2, 0) is 4.74 Å². The zero-order chi connectivity index (χ0) is 16.8. The Balaban J connectivity index is 2.28. The van der Waals surface area contributed by atoms with E-state index in [-0.39, 0.29) is 11.7 Å². The van der Waals surface area contributed by atoms with Gasteiger partial charge in [-0.1, -0.05) is 54.0 Å². The van der Waals surface area contributed by atoms with Gasteiger partial charge in [0.25, 0.3) is 0 Å². The van der Waals surface area contributed by atoms with Gasteiger partial charge in [0.1, 0.15) is 0 Å². The highest BCUT2D eigenvalue weighted by Crippen LogP contribution is 2.23. The summed E-state index contributed by atoms with van der Waals surface area (Å²) in [6.45, 7) is 7.13. The van der Waals surface area contributed by atoms with Crippen LogP contribution in [0.3, 0.4) is 0 Å². The van der Waals surface area contributed by atoms with Crippen LogP contribution in [0.25, 0.3) is 0 Å². The molecule has 2 rings (SSSR count). The van der Waals surface area contributed by atoms with Crippen molar-refractivity contribution in [3.63, 3.8) is 0 Å². The van der Waals surface area contributed by atoms with E-state index in [1.54, 1.807) is 6.92 Å². The largest absolute Gasteiger partial charge is 0.445 e. The minimum Gasteiger partial charge on any atom is -0.445 e. The van der Waals surface area contributed by atoms with Crippen molar-refractivity contribution in [2.45, 2.75) is 26.0 Å². The second-order valence-corrected chi connectivity index (χ2v) is 5.55. The van der Waals surface area contributed by atoms with Crippen molar-refractivity contribution in [2.75, 3.05) is 0 Å². The van der Waals surface area contributed by atoms with Crippen LogP contribution in [0.4, 0.5) is 0 Å². The standard InChI is InChI=1S/C17H16BrN3O2/c1-4-5-9-12(2)23-17(22)15-16(18)19-20-21(15)13(3)14-10-7-6-8-11-14/h4,6-8,10-13H,1H2,2-3H3/t12?,13-/m1/s1. The predicted octanol–water partition coefficient (Wildman–Crippen LogP) is 3.38. The summed E-state index contributed by atoms with van der Waals surface area (Å²) in [6, 6.07) is 9.57. The first kappa shape index (κ1) is 17.0. The van der Waals surface area contributed by atoms with Crippen molar-refractivity contribution in [3.8, 4) is 11.8 Å². The summed E-state index contributed by atoms with van der Waals surface area (Å²) in [5.74, 6) is 4.88. The molecule has 0 spiro atoms. The molecule has 5 nitrogen and oxygen atoms in total. The van der Waals surface area contributed by atoms with Crippen LogP contribution in [-0.4, -0.2) is 27.1 Å². The van der Waals surface area contributed by atoms with E-state index in [1.807, 2.05) is 37.3 Å². The Kier molecular flexibility index (Phi) is 5.72. The van der Waals surface area contributed by atoms with Gasteiger partial charge in [-0.2, -0.15) is 0 Å². The van der Waals surface area contributed by atoms with E-state index in [4.69, 9.17) is 4.74 Å². The molecule has 1 unspecified atom stereocenters. The number of hydrogen-bond acceptors (Lipinski definition) is 4. The number of esters is 1. The van der Waals surface area contributed by atoms with Gasteiger partial charge in [0.05, 0.1) is 6.04 Å². The molecule has 0 fully saturated rings. The molecule has 0 aliphatic heterocycles. The third kappa shape index (κ3) is 4.08. The molecule has 0 N–H and O–H groups in total. The Morgan fingerprint density at radius 1 is 1.39 bits per heavy atom. The van der Waals surface area contributed by atoms with E-state index in [1.165, 1.54) is 10.8 Å². The first-order valence-electron chi connectivity index (χ1n) is 7.03. The van der Waals surface area contributed by atoms with Gasteiger partial charge in [0.2, 0.25) is 0 Å². The molecule has 0 aliphatic carbocycles. The monoisotopic (exact) mass is 373 g/mol. The van der Waals surface area contributed by atoms with E-state index in [9.17, 15) is 4.79 Å². The second kappa shape index (κ2) is 7.75. The van der Waals surface area contributed by atoms with Crippen molar-refractivity contribution < 1.29 is 9.53 Å². The number of benzene rings is 1. The quantitative estimate of drug-likeness (QED) is 0.608. The molecule has 0 saturated heterocycles. The summed E-state index contributed by atoms with van der Waals surface area (Å²) in [6.07, 6.45) is 0.895. The number of ether oxygens (including phenoxy) is 1. The summed E-state index contributed by atoms with van der Waals surface area (Å²) >= 11 is 3.25. The van der Waals surface area contributed by atoms with Crippen LogP contribution in [0.5, 0.6) is 0 Å². The van der Waals surface area contributed by atoms with Crippen LogP contribution in [0.2, 0.25) is 0 Å². The van der Waals surface area contributed by atoms with Crippen molar-refractivity contribution >= 4 is 21.9 Å². The second-order valence-electron chi connectivity index (χ2n) is 4.80. The molecule has 0 aliphatic rings. The summed E-state index contributed by atoms with van der Waals surface area (Å²) in [5, 5.41) is 7.98. The number of rotatable bonds is 4. The van der Waals surface area contributed by atoms with Gasteiger partial charge >= 0.3 is 5.97 Å². The molecule has 2 atom stereocenters. The zero-order valence-corrected chi connectivity index (χ0v) is 14.4. The lowest BCUT2D eigenvalue weighted by molar-refractivity contribution is 0.0421. The molecule has 1 aromatic heterocycles. The SMILES string of the molecule is C=CC#CC(C)OC(=O)c1c(Br)nnn1[C@H](C)c1ccccc1. The molecular formula is C17H16BrN3O2. The van der Waals surface area contributed by atoms with Gasteiger partial charge in [-0.25, -0.2) is 9.48 Å². The first-order chi connectivity index (χ1) is 11.0. The number of nitrogens with zero attached hydrogens (tertiary/aromatic N) is 3. The van der Waals surface area contributed by atoms with Crippen molar-refractivity contribution in [2.24, 2.45) is 0 Å². The maximum absolute atomic E-state index is 12.4. The Hall–Kier alpha value is -2.39. The first-order valence-corrected chi connectivity index (χ1v) is 7.82. The van der Waals surface area contributed by atoms with E-state index < -0.39 is 12.1 Å². The molecule has 23 heavy (non-hydrogen) atoms. The topological polar surface area (TPSA) is 57.0 Å². The average Bonchev–Trinajstić information content (AvgIpc) is 2.94. The normalized spacial score (nSPS) is 12.7. The summed E-state index contributed by atoms with van der Waals surface area (Å²) in [7, 11) is 0. The lowest BCUT2D eigenvalue weighted by Crippen LogP contribution is -2.20. The zero-order valence-electron chi connectivity index (χ0n) is 12.9. The fourth-order valence-corrected chi connectivity index (χ4v) is 2.43. The Bertz CT molecular complexity index is 759. The lowest BCUT2D eigenvalue weighted by Gasteiger charge is -2.15. The van der Waals surface area contributed by atoms with Crippen molar-refractivity contribution in [1.29, 1.82) is 0 Å². The van der Waals surface area contributed by atoms with Crippen LogP contribution in [0.1, 0.15) is 35.9 Å². The van der Waals surface area contributed by atoms with Crippen LogP contribution in [0.15, 0.2) is 47.6 Å². The molecule has 2 aromatic rings. The smallest absolute Gasteiger partial charge is 0.360 e. The molecule has 0 bridgehead atoms. The number of carbonyl (C=O) groups excluding carboxylic acids is 1. The van der Waals surface area contributed by atoms with E-state index in [0.29, 0.717) is 4.60 Å². The fourth-order valence-electron chi connectivity index (χ4n) is 2.02. The average molecular weight is 374 g/mol. The molecule has 1 heterocycles. The highest BCUT2D eigenvalue weighted by Gasteiger charge is 2.25. The molecular weight excluding hydrogens is 358 g/mol. The highest BCUT2D eigenvalue weighted by molar-refractivity contribution is 9.10. The Labute approximate surface area is 143 Å². The number of allylic oxidation sites excluding steroid dienone is 1. The van der Waals surface area contributed by atoms with E-state index >= 15 is 0 Å². The van der Waals surface area contributed by atoms with E-state index in [2.05, 4.69) is 44.7 Å². The maximum atomic E-state index is 12.4. The lowest BCUT2D eigenvalue weighted by atomic mass is 10.1. The van der Waals surface area contributed by atoms with Gasteiger partial charge in [0, 0.05) is 0 Å². The fraction of sp³-hybridized carbons (Fsp3) is 0.235. The summed E-state index contributed by atoms with van der Waals surface area (Å²) in [4.78, 5) is 12.4. The Morgan fingerprint density at radius 3 is 2.74 bits per heavy atom. The molecule has 118 valence electrons. The minimum absolute atomic E-state index is 0.160. The molecule has 6 heteroatoms. The molecule has 1 aromatic carbocycles. The molecule has 0 amide bonds. The van der Waals surface area contributed by atoms with Crippen LogP contribution in [0, 0.1) is 11.8 Å². The number of halogens is 1. The predicted molar refractivity (Wildman–Crippen MR) is 90.8 cm³/mol. The molecule has 0 saturated carbocycles. The van der Waals surface area contributed by atoms with Crippen LogP contribution < -0.4 is 0 Å². The van der Waals surface area contributed by atoms with Gasteiger partial charge in [-0.05, 0) is 41.4 Å². The maximum Gasteiger partial charge on any atom is 0.360 e. The van der Waals surface area contributed by atoms with Crippen LogP contribution >= 0.6 is 15.9 Å². The third-order valence-electron chi connectivity index (χ3n) is 3.17. The summed E-state index contributed by atoms with van der Waals surface area (Å²) < 4.78 is 7.19. The Morgan fingerprint density at radius 2 is 2.09 bits per heavy atom. The highest BCUT2D eigenvalue weighted by atomic mass is 79.9. The third-order valence-corrected chi connectivity index (χ3v) is 3.70. The number of hydrogen-bond donors (Lipinski definition) is 0. The van der Waals surface area contributed by atoms with E-state index in [0.717, 1.165) is 5.56 Å². The molecule has 0 radical (unpaired) electrons. The number of carbonyl (C=O) groups is 1. The summed E-state index contributed by atoms with van der Waals surface area (Å²) in [5.41, 5.74) is 1.27. The minimum atomic E-state index is -0.553. The van der Waals surface area contributed by atoms with Gasteiger partial charge in [0.15, 0.2) is 16.4 Å². The van der Waals surface area contributed by atoms with Crippen molar-refractivity contribution in [3.05, 3.63) is 58.8 Å². The van der Waals surface area contributed by atoms with Gasteiger partial charge < -0.3 is 4.74 Å². The van der Waals surface area contributed by atoms with Crippen molar-refractivity contribution in [1.82, 2.24) is 15.0 Å². The van der Waals surface area contributed by atoms with Gasteiger partial charge in [-0.15, -0.1) is 5.10 Å². The van der Waals surface area contributed by atoms with Gasteiger partial charge in [-0.3, -0.25) is 0 Å².